The summed E-state index contributed by atoms with van der Waals surface area (Å²) >= 11 is 0. The molecule has 0 unspecified atom stereocenters. The Balaban J connectivity index is 2.86. The van der Waals surface area contributed by atoms with Gasteiger partial charge in [-0.05, 0) is 46.3 Å². The van der Waals surface area contributed by atoms with Gasteiger partial charge in [-0.2, -0.15) is 0 Å². The van der Waals surface area contributed by atoms with Crippen LogP contribution in [0.1, 0.15) is 6.42 Å². The van der Waals surface area contributed by atoms with Gasteiger partial charge in [0.05, 0.1) is 6.54 Å². The zero-order valence-electron chi connectivity index (χ0n) is 12.4. The van der Waals surface area contributed by atoms with Crippen molar-refractivity contribution in [1.82, 2.24) is 4.90 Å². The third-order valence-electron chi connectivity index (χ3n) is 2.30. The molecule has 0 aromatic carbocycles. The van der Waals surface area contributed by atoms with Crippen LogP contribution >= 0.6 is 0 Å². The third-order valence-corrected chi connectivity index (χ3v) is 4.02. The van der Waals surface area contributed by atoms with Crippen molar-refractivity contribution < 1.29 is 8.85 Å². The largest absolute Gasteiger partial charge is 0.545 e. The van der Waals surface area contributed by atoms with Crippen molar-refractivity contribution in [3.63, 3.8) is 0 Å². The first-order chi connectivity index (χ1) is 7.57. The maximum Gasteiger partial charge on any atom is 0.242 e. The smallest absolute Gasteiger partial charge is 0.242 e. The number of nitrogens with zero attached hydrogens (tertiary/aromatic N) is 1. The average molecular weight is 274 g/mol. The molecule has 1 heterocycles. The topological polar surface area (TPSA) is 21.7 Å². The normalized spacial score (nSPS) is 19.5. The molecule has 0 saturated carbocycles. The van der Waals surface area contributed by atoms with Crippen LogP contribution in [0, 0.1) is 0 Å². The third kappa shape index (κ3) is 5.74. The van der Waals surface area contributed by atoms with E-state index < -0.39 is 16.6 Å². The Bertz CT molecular complexity index is 303. The molecule has 0 fully saturated rings. The van der Waals surface area contributed by atoms with E-state index in [4.69, 9.17) is 8.85 Å². The van der Waals surface area contributed by atoms with E-state index in [2.05, 4.69) is 51.2 Å². The van der Waals surface area contributed by atoms with Gasteiger partial charge in [-0.1, -0.05) is 0 Å². The Labute approximate surface area is 108 Å². The first-order valence-electron chi connectivity index (χ1n) is 6.35. The van der Waals surface area contributed by atoms with Crippen molar-refractivity contribution >= 4 is 16.6 Å². The predicted molar refractivity (Wildman–Crippen MR) is 78.0 cm³/mol. The van der Waals surface area contributed by atoms with E-state index in [9.17, 15) is 0 Å². The Kier molecular flexibility index (Phi) is 4.49. The second-order valence-electron chi connectivity index (χ2n) is 6.76. The summed E-state index contributed by atoms with van der Waals surface area (Å²) in [6.07, 6.45) is 0.987. The molecular weight excluding hydrogens is 246 g/mol. The SMILES string of the molecule is CN1CCC(O[Si](C)(C)C)=C(O[Si](C)(C)C)C1. The number of hydrogen-bond donors (Lipinski definition) is 0. The minimum Gasteiger partial charge on any atom is -0.545 e. The fraction of sp³-hybridized carbons (Fsp3) is 0.833. The lowest BCUT2D eigenvalue weighted by atomic mass is 10.2. The van der Waals surface area contributed by atoms with Crippen LogP contribution in [0.5, 0.6) is 0 Å². The van der Waals surface area contributed by atoms with Gasteiger partial charge in [0.2, 0.25) is 16.6 Å². The molecule has 0 bridgehead atoms. The van der Waals surface area contributed by atoms with Crippen LogP contribution < -0.4 is 0 Å². The second-order valence-corrected chi connectivity index (χ2v) is 15.6. The summed E-state index contributed by atoms with van der Waals surface area (Å²) in [5.74, 6) is 2.20. The van der Waals surface area contributed by atoms with Gasteiger partial charge in [0.15, 0.2) is 0 Å². The highest BCUT2D eigenvalue weighted by atomic mass is 28.4. The van der Waals surface area contributed by atoms with Crippen LogP contribution in [0.25, 0.3) is 0 Å². The van der Waals surface area contributed by atoms with Crippen LogP contribution in [0.2, 0.25) is 39.3 Å². The zero-order chi connectivity index (χ0) is 13.3. The summed E-state index contributed by atoms with van der Waals surface area (Å²) in [6, 6.07) is 0. The molecule has 1 aliphatic heterocycles. The fourth-order valence-electron chi connectivity index (χ4n) is 1.78. The van der Waals surface area contributed by atoms with Crippen LogP contribution in [-0.2, 0) is 8.85 Å². The van der Waals surface area contributed by atoms with Crippen molar-refractivity contribution in [3.05, 3.63) is 11.5 Å². The molecule has 0 aromatic heterocycles. The van der Waals surface area contributed by atoms with Gasteiger partial charge < -0.3 is 8.85 Å². The molecule has 0 N–H and O–H groups in total. The highest BCUT2D eigenvalue weighted by molar-refractivity contribution is 6.70. The Morgan fingerprint density at radius 1 is 0.882 bits per heavy atom. The van der Waals surface area contributed by atoms with Crippen molar-refractivity contribution in [2.24, 2.45) is 0 Å². The lowest BCUT2D eigenvalue weighted by Crippen LogP contribution is -2.37. The molecule has 5 heteroatoms. The summed E-state index contributed by atoms with van der Waals surface area (Å²) in [4.78, 5) is 2.30. The molecule has 0 saturated heterocycles. The maximum atomic E-state index is 6.18. The number of rotatable bonds is 4. The summed E-state index contributed by atoms with van der Waals surface area (Å²) in [5, 5.41) is 0. The first-order valence-corrected chi connectivity index (χ1v) is 13.2. The summed E-state index contributed by atoms with van der Waals surface area (Å²) in [7, 11) is -0.927. The van der Waals surface area contributed by atoms with Crippen LogP contribution in [-0.4, -0.2) is 41.7 Å². The Hall–Kier alpha value is -0.266. The van der Waals surface area contributed by atoms with Crippen molar-refractivity contribution in [2.75, 3.05) is 20.1 Å². The molecule has 100 valence electrons. The minimum absolute atomic E-state index is 0.893. The molecule has 0 spiro atoms. The lowest BCUT2D eigenvalue weighted by Gasteiger charge is -2.34. The van der Waals surface area contributed by atoms with E-state index in [1.807, 2.05) is 0 Å². The highest BCUT2D eigenvalue weighted by Gasteiger charge is 2.27. The van der Waals surface area contributed by atoms with Crippen LogP contribution in [0.4, 0.5) is 0 Å². The molecule has 1 rings (SSSR count). The van der Waals surface area contributed by atoms with Gasteiger partial charge in [0.25, 0.3) is 0 Å². The molecular formula is C12H27NO2Si2. The van der Waals surface area contributed by atoms with E-state index in [1.165, 1.54) is 0 Å². The van der Waals surface area contributed by atoms with E-state index >= 15 is 0 Å². The highest BCUT2D eigenvalue weighted by Crippen LogP contribution is 2.25. The number of likely N-dealkylation sites (N-methyl/N-ethyl adjacent to an activating group) is 1. The van der Waals surface area contributed by atoms with Gasteiger partial charge in [-0.15, -0.1) is 0 Å². The molecule has 0 atom stereocenters. The van der Waals surface area contributed by atoms with Gasteiger partial charge in [-0.25, -0.2) is 0 Å². The molecule has 3 nitrogen and oxygen atoms in total. The zero-order valence-corrected chi connectivity index (χ0v) is 14.4. The maximum absolute atomic E-state index is 6.18. The second kappa shape index (κ2) is 5.16. The van der Waals surface area contributed by atoms with Crippen LogP contribution in [0.3, 0.4) is 0 Å². The fourth-order valence-corrected chi connectivity index (χ4v) is 3.65. The van der Waals surface area contributed by atoms with Gasteiger partial charge >= 0.3 is 0 Å². The van der Waals surface area contributed by atoms with E-state index in [0.717, 1.165) is 31.0 Å². The molecule has 17 heavy (non-hydrogen) atoms. The molecule has 0 radical (unpaired) electrons. The van der Waals surface area contributed by atoms with E-state index in [1.54, 1.807) is 0 Å². The average Bonchev–Trinajstić information content (AvgIpc) is 2.05. The van der Waals surface area contributed by atoms with E-state index in [-0.39, 0.29) is 0 Å². The van der Waals surface area contributed by atoms with Gasteiger partial charge in [-0.3, -0.25) is 4.90 Å². The Morgan fingerprint density at radius 2 is 1.35 bits per heavy atom. The molecule has 0 aliphatic carbocycles. The quantitative estimate of drug-likeness (QED) is 0.734. The molecule has 0 amide bonds. The minimum atomic E-state index is -1.54. The number of hydrogen-bond acceptors (Lipinski definition) is 3. The van der Waals surface area contributed by atoms with Crippen molar-refractivity contribution in [2.45, 2.75) is 45.7 Å². The summed E-state index contributed by atoms with van der Waals surface area (Å²) in [5.41, 5.74) is 0. The monoisotopic (exact) mass is 273 g/mol. The standard InChI is InChI=1S/C12H27NO2Si2/c1-13-9-8-11(14-16(2,3)4)12(10-13)15-17(5,6)7/h8-10H2,1-7H3. The lowest BCUT2D eigenvalue weighted by molar-refractivity contribution is 0.224. The summed E-state index contributed by atoms with van der Waals surface area (Å²) in [6.45, 7) is 15.3. The molecule has 0 aromatic rings. The van der Waals surface area contributed by atoms with E-state index in [0.29, 0.717) is 0 Å². The Morgan fingerprint density at radius 3 is 1.82 bits per heavy atom. The van der Waals surface area contributed by atoms with Gasteiger partial charge in [0.1, 0.15) is 11.5 Å². The van der Waals surface area contributed by atoms with Crippen LogP contribution in [0.15, 0.2) is 11.5 Å². The molecule has 1 aliphatic rings. The predicted octanol–water partition coefficient (Wildman–Crippen LogP) is 3.24. The summed E-state index contributed by atoms with van der Waals surface area (Å²) < 4.78 is 12.4. The van der Waals surface area contributed by atoms with Crippen molar-refractivity contribution in [1.29, 1.82) is 0 Å². The van der Waals surface area contributed by atoms with Gasteiger partial charge in [0, 0.05) is 13.0 Å². The van der Waals surface area contributed by atoms with Crippen molar-refractivity contribution in [3.8, 4) is 0 Å². The first kappa shape index (κ1) is 14.8.